The maximum atomic E-state index is 12.7. The highest BCUT2D eigenvalue weighted by atomic mass is 35.5. The second kappa shape index (κ2) is 9.78. The first kappa shape index (κ1) is 21.2. The Bertz CT molecular complexity index is 1050. The molecule has 6 nitrogen and oxygen atoms in total. The number of nitrogens with one attached hydrogen (secondary N) is 1. The van der Waals surface area contributed by atoms with Gasteiger partial charge in [-0.25, -0.2) is 0 Å². The SMILES string of the molecule is CCCNCc1ccc(Oc2cnn(-c3cccc(Cl)c3)c(=O)c2Cl)c(OC)c1. The minimum atomic E-state index is -0.509. The van der Waals surface area contributed by atoms with Gasteiger partial charge in [-0.15, -0.1) is 0 Å². The highest BCUT2D eigenvalue weighted by Gasteiger charge is 2.15. The molecule has 3 rings (SSSR count). The lowest BCUT2D eigenvalue weighted by Crippen LogP contribution is -2.21. The zero-order valence-corrected chi connectivity index (χ0v) is 17.6. The van der Waals surface area contributed by atoms with Crippen LogP contribution in [-0.4, -0.2) is 23.4 Å². The zero-order chi connectivity index (χ0) is 20.8. The Balaban J connectivity index is 1.87. The number of halogens is 2. The minimum Gasteiger partial charge on any atom is -0.493 e. The van der Waals surface area contributed by atoms with E-state index in [9.17, 15) is 4.79 Å². The van der Waals surface area contributed by atoms with Crippen LogP contribution in [0.3, 0.4) is 0 Å². The van der Waals surface area contributed by atoms with Crippen LogP contribution in [0.25, 0.3) is 5.69 Å². The predicted octanol–water partition coefficient (Wildman–Crippen LogP) is 4.84. The van der Waals surface area contributed by atoms with Crippen molar-refractivity contribution in [2.24, 2.45) is 0 Å². The molecule has 0 aliphatic carbocycles. The molecule has 0 unspecified atom stereocenters. The molecule has 152 valence electrons. The Hall–Kier alpha value is -2.54. The Kier molecular flexibility index (Phi) is 7.14. The predicted molar refractivity (Wildman–Crippen MR) is 115 cm³/mol. The maximum absolute atomic E-state index is 12.7. The highest BCUT2D eigenvalue weighted by Crippen LogP contribution is 2.34. The van der Waals surface area contributed by atoms with Gasteiger partial charge in [-0.05, 0) is 48.9 Å². The van der Waals surface area contributed by atoms with Gasteiger partial charge in [0.2, 0.25) is 0 Å². The molecule has 29 heavy (non-hydrogen) atoms. The molecule has 0 radical (unpaired) electrons. The van der Waals surface area contributed by atoms with E-state index in [0.29, 0.717) is 22.2 Å². The summed E-state index contributed by atoms with van der Waals surface area (Å²) in [7, 11) is 1.56. The maximum Gasteiger partial charge on any atom is 0.294 e. The van der Waals surface area contributed by atoms with E-state index in [1.165, 1.54) is 10.9 Å². The topological polar surface area (TPSA) is 65.4 Å². The zero-order valence-electron chi connectivity index (χ0n) is 16.1. The first-order valence-electron chi connectivity index (χ1n) is 9.12. The fourth-order valence-electron chi connectivity index (χ4n) is 2.71. The van der Waals surface area contributed by atoms with Crippen LogP contribution in [0.5, 0.6) is 17.2 Å². The quantitative estimate of drug-likeness (QED) is 0.514. The molecule has 8 heteroatoms. The molecule has 0 bridgehead atoms. The number of nitrogens with zero attached hydrogens (tertiary/aromatic N) is 2. The molecular weight excluding hydrogens is 413 g/mol. The number of rotatable bonds is 8. The van der Waals surface area contributed by atoms with Gasteiger partial charge < -0.3 is 14.8 Å². The summed E-state index contributed by atoms with van der Waals surface area (Å²) < 4.78 is 12.4. The number of hydrogen-bond donors (Lipinski definition) is 1. The molecule has 0 saturated heterocycles. The smallest absolute Gasteiger partial charge is 0.294 e. The van der Waals surface area contributed by atoms with Crippen molar-refractivity contribution in [1.82, 2.24) is 15.1 Å². The van der Waals surface area contributed by atoms with Gasteiger partial charge in [-0.2, -0.15) is 9.78 Å². The third-order valence-corrected chi connectivity index (χ3v) is 4.73. The number of ether oxygens (including phenoxy) is 2. The molecule has 1 aromatic heterocycles. The summed E-state index contributed by atoms with van der Waals surface area (Å²) in [6, 6.07) is 12.4. The van der Waals surface area contributed by atoms with Crippen LogP contribution in [0.1, 0.15) is 18.9 Å². The van der Waals surface area contributed by atoms with E-state index in [-0.39, 0.29) is 10.8 Å². The van der Waals surface area contributed by atoms with Gasteiger partial charge in [0.25, 0.3) is 5.56 Å². The molecule has 0 saturated carbocycles. The normalized spacial score (nSPS) is 10.8. The van der Waals surface area contributed by atoms with E-state index in [2.05, 4.69) is 17.3 Å². The number of aromatic nitrogens is 2. The standard InChI is InChI=1S/C21H21Cl2N3O3/c1-3-9-24-12-14-7-8-17(18(10-14)28-2)29-19-13-25-26(21(27)20(19)23)16-6-4-5-15(22)11-16/h4-8,10-11,13,24H,3,9,12H2,1-2H3. The van der Waals surface area contributed by atoms with E-state index < -0.39 is 5.56 Å². The molecule has 0 atom stereocenters. The molecule has 0 amide bonds. The summed E-state index contributed by atoms with van der Waals surface area (Å²) in [5.41, 5.74) is 1.06. The fraction of sp³-hybridized carbons (Fsp3) is 0.238. The average molecular weight is 434 g/mol. The van der Waals surface area contributed by atoms with E-state index in [1.54, 1.807) is 37.4 Å². The highest BCUT2D eigenvalue weighted by molar-refractivity contribution is 6.32. The van der Waals surface area contributed by atoms with Crippen LogP contribution in [0.2, 0.25) is 10.0 Å². The third kappa shape index (κ3) is 5.09. The van der Waals surface area contributed by atoms with Crippen molar-refractivity contribution in [3.8, 4) is 22.9 Å². The Morgan fingerprint density at radius 1 is 1.10 bits per heavy atom. The Morgan fingerprint density at radius 3 is 2.66 bits per heavy atom. The molecule has 0 aliphatic heterocycles. The van der Waals surface area contributed by atoms with Gasteiger partial charge in [0.15, 0.2) is 22.3 Å². The van der Waals surface area contributed by atoms with Gasteiger partial charge in [0.05, 0.1) is 19.0 Å². The lowest BCUT2D eigenvalue weighted by atomic mass is 10.2. The first-order valence-corrected chi connectivity index (χ1v) is 9.88. The van der Waals surface area contributed by atoms with Crippen molar-refractivity contribution in [3.05, 3.63) is 74.6 Å². The van der Waals surface area contributed by atoms with Crippen molar-refractivity contribution in [2.75, 3.05) is 13.7 Å². The van der Waals surface area contributed by atoms with Crippen LogP contribution < -0.4 is 20.3 Å². The van der Waals surface area contributed by atoms with Crippen molar-refractivity contribution < 1.29 is 9.47 Å². The molecule has 0 aliphatic rings. The van der Waals surface area contributed by atoms with Crippen LogP contribution in [0, 0.1) is 0 Å². The summed E-state index contributed by atoms with van der Waals surface area (Å²) in [5.74, 6) is 1.12. The summed E-state index contributed by atoms with van der Waals surface area (Å²) in [5, 5.41) is 7.89. The van der Waals surface area contributed by atoms with E-state index in [0.717, 1.165) is 25.1 Å². The molecule has 0 spiro atoms. The number of benzene rings is 2. The summed E-state index contributed by atoms with van der Waals surface area (Å²) >= 11 is 12.3. The Morgan fingerprint density at radius 2 is 1.93 bits per heavy atom. The van der Waals surface area contributed by atoms with Crippen LogP contribution in [0.4, 0.5) is 0 Å². The minimum absolute atomic E-state index is 0.0873. The van der Waals surface area contributed by atoms with Gasteiger partial charge >= 0.3 is 0 Å². The lowest BCUT2D eigenvalue weighted by Gasteiger charge is -2.13. The summed E-state index contributed by atoms with van der Waals surface area (Å²) in [6.45, 7) is 3.77. The van der Waals surface area contributed by atoms with Crippen molar-refractivity contribution in [3.63, 3.8) is 0 Å². The van der Waals surface area contributed by atoms with E-state index >= 15 is 0 Å². The molecule has 3 aromatic rings. The second-order valence-electron chi connectivity index (χ2n) is 6.28. The molecule has 1 N–H and O–H groups in total. The Labute approximate surface area is 179 Å². The van der Waals surface area contributed by atoms with Crippen molar-refractivity contribution >= 4 is 23.2 Å². The number of hydrogen-bond acceptors (Lipinski definition) is 5. The molecule has 1 heterocycles. The van der Waals surface area contributed by atoms with E-state index in [4.69, 9.17) is 32.7 Å². The first-order chi connectivity index (χ1) is 14.0. The lowest BCUT2D eigenvalue weighted by molar-refractivity contribution is 0.377. The summed E-state index contributed by atoms with van der Waals surface area (Å²) in [6.07, 6.45) is 2.45. The van der Waals surface area contributed by atoms with Gasteiger partial charge in [0, 0.05) is 11.6 Å². The van der Waals surface area contributed by atoms with E-state index in [1.807, 2.05) is 12.1 Å². The van der Waals surface area contributed by atoms with Crippen LogP contribution in [-0.2, 0) is 6.54 Å². The van der Waals surface area contributed by atoms with Crippen LogP contribution >= 0.6 is 23.2 Å². The van der Waals surface area contributed by atoms with Crippen molar-refractivity contribution in [1.29, 1.82) is 0 Å². The molecular formula is C21H21Cl2N3O3. The third-order valence-electron chi connectivity index (χ3n) is 4.14. The van der Waals surface area contributed by atoms with Crippen molar-refractivity contribution in [2.45, 2.75) is 19.9 Å². The molecule has 2 aromatic carbocycles. The molecule has 0 fully saturated rings. The van der Waals surface area contributed by atoms with Gasteiger partial charge in [0.1, 0.15) is 0 Å². The van der Waals surface area contributed by atoms with Gasteiger partial charge in [-0.1, -0.05) is 42.3 Å². The average Bonchev–Trinajstić information content (AvgIpc) is 2.72. The van der Waals surface area contributed by atoms with Crippen LogP contribution in [0.15, 0.2) is 53.5 Å². The fourth-order valence-corrected chi connectivity index (χ4v) is 3.07. The monoisotopic (exact) mass is 433 g/mol. The number of methoxy groups -OCH3 is 1. The largest absolute Gasteiger partial charge is 0.493 e. The summed E-state index contributed by atoms with van der Waals surface area (Å²) in [4.78, 5) is 12.7. The van der Waals surface area contributed by atoms with Gasteiger partial charge in [-0.3, -0.25) is 4.79 Å². The second-order valence-corrected chi connectivity index (χ2v) is 7.10.